The van der Waals surface area contributed by atoms with Gasteiger partial charge in [0, 0.05) is 12.8 Å². The van der Waals surface area contributed by atoms with E-state index in [1.165, 1.54) is 321 Å². The molecule has 446 valence electrons. The molecule has 0 saturated heterocycles. The summed E-state index contributed by atoms with van der Waals surface area (Å²) in [5.74, 6) is -0.0105. The molecule has 0 aromatic rings. The van der Waals surface area contributed by atoms with Crippen LogP contribution in [0.4, 0.5) is 0 Å². The summed E-state index contributed by atoms with van der Waals surface area (Å²) in [5, 5.41) is 23.3. The number of hydrogen-bond acceptors (Lipinski definition) is 5. The SMILES string of the molecule is CCCCCCCCCCCCCCCCC(=O)OCCCCCCCCCCCCCC/C=C\CCCCCCCCCCCCCCCCC(=O)NC(CO)C(O)CCCCCCCCCCCCCCCC. The predicted octanol–water partition coefficient (Wildman–Crippen LogP) is 22.0. The maximum Gasteiger partial charge on any atom is 0.305 e. The lowest BCUT2D eigenvalue weighted by Crippen LogP contribution is -2.45. The van der Waals surface area contributed by atoms with Gasteiger partial charge in [-0.1, -0.05) is 341 Å². The maximum atomic E-state index is 12.5. The van der Waals surface area contributed by atoms with Gasteiger partial charge < -0.3 is 20.3 Å². The van der Waals surface area contributed by atoms with Crippen LogP contribution in [-0.4, -0.2) is 47.4 Å². The Morgan fingerprint density at radius 2 is 0.627 bits per heavy atom. The Kier molecular flexibility index (Phi) is 63.9. The number of ether oxygens (including phenoxy) is 1. The van der Waals surface area contributed by atoms with Crippen LogP contribution in [0.15, 0.2) is 12.2 Å². The van der Waals surface area contributed by atoms with Crippen molar-refractivity contribution in [3.05, 3.63) is 12.2 Å². The van der Waals surface area contributed by atoms with Crippen LogP contribution in [0.3, 0.4) is 0 Å². The van der Waals surface area contributed by atoms with Gasteiger partial charge in [-0.05, 0) is 51.4 Å². The topological polar surface area (TPSA) is 95.9 Å². The second-order valence-corrected chi connectivity index (χ2v) is 23.9. The highest BCUT2D eigenvalue weighted by molar-refractivity contribution is 5.76. The van der Waals surface area contributed by atoms with E-state index in [2.05, 4.69) is 31.3 Å². The standard InChI is InChI=1S/C69H135NO5/c1-3-5-7-9-11-13-15-17-37-41-45-49-53-57-61-67(72)66(65-71)70-68(73)62-58-54-50-46-42-38-35-33-31-29-27-25-23-21-19-20-22-24-26-28-30-32-34-36-40-44-48-52-56-60-64-75-69(74)63-59-55-51-47-43-39-18-16-14-12-10-8-6-4-2/h20,22,66-67,71-72H,3-19,21,23-65H2,1-2H3,(H,70,73)/b22-20-. The van der Waals surface area contributed by atoms with Crippen LogP contribution in [0.25, 0.3) is 0 Å². The molecule has 2 atom stereocenters. The molecule has 0 aliphatic carbocycles. The summed E-state index contributed by atoms with van der Waals surface area (Å²) in [5.41, 5.74) is 0. The van der Waals surface area contributed by atoms with E-state index in [0.717, 1.165) is 38.5 Å². The van der Waals surface area contributed by atoms with E-state index in [1.807, 2.05) is 0 Å². The molecule has 0 saturated carbocycles. The Morgan fingerprint density at radius 3 is 0.947 bits per heavy atom. The van der Waals surface area contributed by atoms with E-state index in [0.29, 0.717) is 25.9 Å². The van der Waals surface area contributed by atoms with Crippen LogP contribution in [0.2, 0.25) is 0 Å². The van der Waals surface area contributed by atoms with Crippen molar-refractivity contribution in [2.24, 2.45) is 0 Å². The van der Waals surface area contributed by atoms with Gasteiger partial charge in [-0.3, -0.25) is 9.59 Å². The minimum Gasteiger partial charge on any atom is -0.466 e. The van der Waals surface area contributed by atoms with Crippen molar-refractivity contribution in [2.45, 2.75) is 405 Å². The van der Waals surface area contributed by atoms with Crippen molar-refractivity contribution in [3.63, 3.8) is 0 Å². The van der Waals surface area contributed by atoms with Crippen LogP contribution in [0.5, 0.6) is 0 Å². The minimum absolute atomic E-state index is 0.0202. The molecule has 0 aliphatic heterocycles. The molecular weight excluding hydrogens is 923 g/mol. The first kappa shape index (κ1) is 73.6. The van der Waals surface area contributed by atoms with Gasteiger partial charge in [0.1, 0.15) is 0 Å². The third-order valence-electron chi connectivity index (χ3n) is 16.3. The number of carbonyl (C=O) groups is 2. The number of amides is 1. The number of aliphatic hydroxyl groups excluding tert-OH is 2. The van der Waals surface area contributed by atoms with Crippen LogP contribution in [-0.2, 0) is 14.3 Å². The average Bonchev–Trinajstić information content (AvgIpc) is 3.41. The quantitative estimate of drug-likeness (QED) is 0.0320. The van der Waals surface area contributed by atoms with Crippen molar-refractivity contribution >= 4 is 11.9 Å². The smallest absolute Gasteiger partial charge is 0.305 e. The van der Waals surface area contributed by atoms with Crippen LogP contribution in [0, 0.1) is 0 Å². The lowest BCUT2D eigenvalue weighted by atomic mass is 10.0. The fourth-order valence-corrected chi connectivity index (χ4v) is 11.1. The summed E-state index contributed by atoms with van der Waals surface area (Å²) in [7, 11) is 0. The van der Waals surface area contributed by atoms with Crippen LogP contribution >= 0.6 is 0 Å². The first-order chi connectivity index (χ1) is 37.0. The Labute approximate surface area is 469 Å². The number of esters is 1. The molecule has 0 fully saturated rings. The molecule has 2 unspecified atom stereocenters. The fraction of sp³-hybridized carbons (Fsp3) is 0.942. The number of rotatable bonds is 65. The number of unbranched alkanes of at least 4 members (excludes halogenated alkanes) is 52. The van der Waals surface area contributed by atoms with Gasteiger partial charge in [-0.15, -0.1) is 0 Å². The summed E-state index contributed by atoms with van der Waals surface area (Å²) in [6.45, 7) is 4.99. The fourth-order valence-electron chi connectivity index (χ4n) is 11.1. The van der Waals surface area contributed by atoms with E-state index in [-0.39, 0.29) is 18.5 Å². The van der Waals surface area contributed by atoms with Gasteiger partial charge >= 0.3 is 5.97 Å². The van der Waals surface area contributed by atoms with E-state index >= 15 is 0 Å². The normalized spacial score (nSPS) is 12.5. The molecule has 0 rings (SSSR count). The molecule has 1 amide bonds. The summed E-state index contributed by atoms with van der Waals surface area (Å²) in [6.07, 6.45) is 79.7. The summed E-state index contributed by atoms with van der Waals surface area (Å²) in [4.78, 5) is 24.6. The van der Waals surface area contributed by atoms with E-state index in [4.69, 9.17) is 4.74 Å². The molecule has 0 aliphatic rings. The maximum absolute atomic E-state index is 12.5. The highest BCUT2D eigenvalue weighted by Gasteiger charge is 2.20. The minimum atomic E-state index is -0.662. The Morgan fingerprint density at radius 1 is 0.360 bits per heavy atom. The van der Waals surface area contributed by atoms with Gasteiger partial charge in [0.15, 0.2) is 0 Å². The van der Waals surface area contributed by atoms with Crippen molar-refractivity contribution < 1.29 is 24.5 Å². The molecule has 0 aromatic heterocycles. The largest absolute Gasteiger partial charge is 0.466 e. The van der Waals surface area contributed by atoms with Gasteiger partial charge in [0.25, 0.3) is 0 Å². The van der Waals surface area contributed by atoms with E-state index in [9.17, 15) is 19.8 Å². The highest BCUT2D eigenvalue weighted by atomic mass is 16.5. The zero-order valence-electron chi connectivity index (χ0n) is 51.1. The predicted molar refractivity (Wildman–Crippen MR) is 329 cm³/mol. The van der Waals surface area contributed by atoms with Gasteiger partial charge in [0.2, 0.25) is 5.91 Å². The number of aliphatic hydroxyl groups is 2. The second-order valence-electron chi connectivity index (χ2n) is 23.9. The monoisotopic (exact) mass is 1060 g/mol. The van der Waals surface area contributed by atoms with Crippen molar-refractivity contribution in [2.75, 3.05) is 13.2 Å². The molecule has 6 nitrogen and oxygen atoms in total. The summed E-state index contributed by atoms with van der Waals surface area (Å²) in [6, 6.07) is -0.539. The Balaban J connectivity index is 3.34. The second kappa shape index (κ2) is 65.1. The van der Waals surface area contributed by atoms with Crippen molar-refractivity contribution in [3.8, 4) is 0 Å². The van der Waals surface area contributed by atoms with Crippen LogP contribution < -0.4 is 5.32 Å². The molecular formula is C69H135NO5. The van der Waals surface area contributed by atoms with Gasteiger partial charge in [-0.25, -0.2) is 0 Å². The highest BCUT2D eigenvalue weighted by Crippen LogP contribution is 2.19. The molecule has 0 aromatic carbocycles. The van der Waals surface area contributed by atoms with Crippen LogP contribution in [0.1, 0.15) is 393 Å². The number of nitrogens with one attached hydrogen (secondary N) is 1. The first-order valence-corrected chi connectivity index (χ1v) is 34.4. The molecule has 75 heavy (non-hydrogen) atoms. The summed E-state index contributed by atoms with van der Waals surface area (Å²) >= 11 is 0. The zero-order valence-corrected chi connectivity index (χ0v) is 51.1. The van der Waals surface area contributed by atoms with Gasteiger partial charge in [0.05, 0.1) is 25.4 Å². The van der Waals surface area contributed by atoms with Crippen molar-refractivity contribution in [1.82, 2.24) is 5.32 Å². The molecule has 3 N–H and O–H groups in total. The van der Waals surface area contributed by atoms with Crippen molar-refractivity contribution in [1.29, 1.82) is 0 Å². The Hall–Kier alpha value is -1.40. The first-order valence-electron chi connectivity index (χ1n) is 34.4. The third-order valence-corrected chi connectivity index (χ3v) is 16.3. The number of allylic oxidation sites excluding steroid dienone is 2. The van der Waals surface area contributed by atoms with E-state index < -0.39 is 12.1 Å². The number of hydrogen-bond donors (Lipinski definition) is 3. The summed E-state index contributed by atoms with van der Waals surface area (Å²) < 4.78 is 5.49. The molecule has 0 radical (unpaired) electrons. The molecule has 0 heterocycles. The molecule has 6 heteroatoms. The lowest BCUT2D eigenvalue weighted by molar-refractivity contribution is -0.143. The lowest BCUT2D eigenvalue weighted by Gasteiger charge is -2.22. The Bertz CT molecular complexity index is 1130. The van der Waals surface area contributed by atoms with E-state index in [1.54, 1.807) is 0 Å². The third kappa shape index (κ3) is 61.7. The number of carbonyl (C=O) groups excluding carboxylic acids is 2. The van der Waals surface area contributed by atoms with Gasteiger partial charge in [-0.2, -0.15) is 0 Å². The zero-order chi connectivity index (χ0) is 54.3. The average molecular weight is 1060 g/mol. The molecule has 0 bridgehead atoms. The molecule has 0 spiro atoms.